The maximum absolute atomic E-state index is 12.9. The number of hydrogen-bond acceptors (Lipinski definition) is 5. The Bertz CT molecular complexity index is 1010. The van der Waals surface area contributed by atoms with E-state index in [-0.39, 0.29) is 12.1 Å². The van der Waals surface area contributed by atoms with Gasteiger partial charge in [0.2, 0.25) is 0 Å². The number of amides is 2. The van der Waals surface area contributed by atoms with Gasteiger partial charge in [0.05, 0.1) is 18.8 Å². The molecule has 0 aliphatic carbocycles. The summed E-state index contributed by atoms with van der Waals surface area (Å²) in [5, 5.41) is 4.00. The number of carbonyl (C=O) groups excluding carboxylic acids is 1. The first-order valence-electron chi connectivity index (χ1n) is 10.0. The molecule has 1 aromatic heterocycles. The summed E-state index contributed by atoms with van der Waals surface area (Å²) >= 11 is 0. The van der Waals surface area contributed by atoms with Crippen LogP contribution in [-0.2, 0) is 4.74 Å². The number of anilines is 1. The number of ether oxygens (including phenoxy) is 2. The molecule has 4 rings (SSSR count). The molecule has 1 unspecified atom stereocenters. The number of fused-ring (bicyclic) bond motifs is 3. The molecule has 158 valence electrons. The third kappa shape index (κ3) is 3.99. The molecule has 1 N–H and O–H groups in total. The van der Waals surface area contributed by atoms with Gasteiger partial charge in [-0.1, -0.05) is 24.3 Å². The molecule has 0 fully saturated rings. The standard InChI is InChI=1S/C23H27N3O4/c1-25(2)12-15-29-17-10-8-16(9-11-17)20-22-21(18-6-4-5-7-19(18)30-22)26(13-14-28-3)23(27)24-20/h4-11,20H,12-15H2,1-3H3,(H,24,27). The van der Waals surface area contributed by atoms with Gasteiger partial charge in [-0.2, -0.15) is 0 Å². The highest BCUT2D eigenvalue weighted by atomic mass is 16.5. The van der Waals surface area contributed by atoms with Gasteiger partial charge in [-0.05, 0) is 43.9 Å². The first-order chi connectivity index (χ1) is 14.6. The third-order valence-corrected chi connectivity index (χ3v) is 5.18. The molecule has 0 bridgehead atoms. The van der Waals surface area contributed by atoms with Crippen LogP contribution in [0.5, 0.6) is 5.75 Å². The summed E-state index contributed by atoms with van der Waals surface area (Å²) < 4.78 is 17.2. The first-order valence-corrected chi connectivity index (χ1v) is 10.0. The van der Waals surface area contributed by atoms with E-state index in [1.807, 2.05) is 62.6 Å². The molecule has 0 saturated carbocycles. The predicted molar refractivity (Wildman–Crippen MR) is 116 cm³/mol. The van der Waals surface area contributed by atoms with Crippen molar-refractivity contribution in [3.8, 4) is 5.75 Å². The van der Waals surface area contributed by atoms with E-state index in [4.69, 9.17) is 13.9 Å². The van der Waals surface area contributed by atoms with Crippen LogP contribution in [0.15, 0.2) is 52.9 Å². The number of carbonyl (C=O) groups is 1. The summed E-state index contributed by atoms with van der Waals surface area (Å²) in [7, 11) is 5.65. The molecule has 7 heteroatoms. The Hall–Kier alpha value is -3.03. The van der Waals surface area contributed by atoms with E-state index in [1.165, 1.54) is 0 Å². The zero-order valence-corrected chi connectivity index (χ0v) is 17.6. The van der Waals surface area contributed by atoms with Gasteiger partial charge in [-0.25, -0.2) is 4.79 Å². The van der Waals surface area contributed by atoms with Crippen LogP contribution in [0, 0.1) is 0 Å². The van der Waals surface area contributed by atoms with Gasteiger partial charge in [0.1, 0.15) is 24.0 Å². The van der Waals surface area contributed by atoms with E-state index in [0.717, 1.165) is 40.3 Å². The molecule has 0 radical (unpaired) electrons. The first kappa shape index (κ1) is 20.3. The quantitative estimate of drug-likeness (QED) is 0.615. The van der Waals surface area contributed by atoms with Crippen LogP contribution in [0.2, 0.25) is 0 Å². The second kappa shape index (κ2) is 8.77. The van der Waals surface area contributed by atoms with Gasteiger partial charge in [-0.15, -0.1) is 0 Å². The van der Waals surface area contributed by atoms with Crippen molar-refractivity contribution in [2.24, 2.45) is 0 Å². The van der Waals surface area contributed by atoms with E-state index in [1.54, 1.807) is 12.0 Å². The van der Waals surface area contributed by atoms with Crippen LogP contribution < -0.4 is 15.0 Å². The van der Waals surface area contributed by atoms with Gasteiger partial charge >= 0.3 is 6.03 Å². The molecule has 2 heterocycles. The van der Waals surface area contributed by atoms with Crippen LogP contribution in [0.3, 0.4) is 0 Å². The summed E-state index contributed by atoms with van der Waals surface area (Å²) in [6.45, 7) is 2.36. The van der Waals surface area contributed by atoms with E-state index < -0.39 is 0 Å². The van der Waals surface area contributed by atoms with Crippen LogP contribution in [0.4, 0.5) is 10.5 Å². The monoisotopic (exact) mass is 409 g/mol. The Kier molecular flexibility index (Phi) is 5.92. The van der Waals surface area contributed by atoms with Crippen molar-refractivity contribution in [2.75, 3.05) is 52.4 Å². The normalized spacial score (nSPS) is 16.1. The van der Waals surface area contributed by atoms with E-state index in [2.05, 4.69) is 10.2 Å². The van der Waals surface area contributed by atoms with Gasteiger partial charge in [0.15, 0.2) is 5.76 Å². The van der Waals surface area contributed by atoms with Crippen molar-refractivity contribution in [1.82, 2.24) is 10.2 Å². The number of methoxy groups -OCH3 is 1. The molecular formula is C23H27N3O4. The maximum Gasteiger partial charge on any atom is 0.322 e. The number of urea groups is 1. The predicted octanol–water partition coefficient (Wildman–Crippen LogP) is 3.64. The summed E-state index contributed by atoms with van der Waals surface area (Å²) in [6, 6.07) is 15.1. The number of rotatable bonds is 8. The molecule has 0 spiro atoms. The maximum atomic E-state index is 12.9. The minimum atomic E-state index is -0.366. The van der Waals surface area contributed by atoms with E-state index >= 15 is 0 Å². The molecule has 0 saturated heterocycles. The zero-order valence-electron chi connectivity index (χ0n) is 17.6. The second-order valence-electron chi connectivity index (χ2n) is 7.56. The highest BCUT2D eigenvalue weighted by Crippen LogP contribution is 2.42. The largest absolute Gasteiger partial charge is 0.492 e. The van der Waals surface area contributed by atoms with Crippen LogP contribution in [-0.4, -0.2) is 58.4 Å². The Morgan fingerprint density at radius 3 is 2.60 bits per heavy atom. The van der Waals surface area contributed by atoms with E-state index in [0.29, 0.717) is 19.8 Å². The summed E-state index contributed by atoms with van der Waals surface area (Å²) in [5.74, 6) is 1.53. The number of benzene rings is 2. The fraction of sp³-hybridized carbons (Fsp3) is 0.348. The minimum Gasteiger partial charge on any atom is -0.492 e. The highest BCUT2D eigenvalue weighted by molar-refractivity contribution is 6.05. The Morgan fingerprint density at radius 2 is 1.87 bits per heavy atom. The lowest BCUT2D eigenvalue weighted by Crippen LogP contribution is -2.47. The van der Waals surface area contributed by atoms with Crippen molar-refractivity contribution in [1.29, 1.82) is 0 Å². The van der Waals surface area contributed by atoms with Crippen molar-refractivity contribution >= 4 is 22.7 Å². The lowest BCUT2D eigenvalue weighted by Gasteiger charge is -2.32. The topological polar surface area (TPSA) is 67.2 Å². The lowest BCUT2D eigenvalue weighted by atomic mass is 10.0. The molecule has 2 aromatic carbocycles. The fourth-order valence-electron chi connectivity index (χ4n) is 3.63. The van der Waals surface area contributed by atoms with Crippen LogP contribution >= 0.6 is 0 Å². The molecule has 30 heavy (non-hydrogen) atoms. The molecular weight excluding hydrogens is 382 g/mol. The van der Waals surface area contributed by atoms with Crippen molar-refractivity contribution in [2.45, 2.75) is 6.04 Å². The Morgan fingerprint density at radius 1 is 1.10 bits per heavy atom. The summed E-state index contributed by atoms with van der Waals surface area (Å²) in [5.41, 5.74) is 2.51. The zero-order chi connectivity index (χ0) is 21.1. The molecule has 1 aliphatic rings. The number of para-hydroxylation sites is 1. The lowest BCUT2D eigenvalue weighted by molar-refractivity contribution is 0.201. The van der Waals surface area contributed by atoms with Crippen molar-refractivity contribution in [3.63, 3.8) is 0 Å². The fourth-order valence-corrected chi connectivity index (χ4v) is 3.63. The molecule has 7 nitrogen and oxygen atoms in total. The average molecular weight is 409 g/mol. The number of nitrogens with zero attached hydrogens (tertiary/aromatic N) is 2. The molecule has 3 aromatic rings. The summed E-state index contributed by atoms with van der Waals surface area (Å²) in [6.07, 6.45) is 0. The molecule has 1 aliphatic heterocycles. The minimum absolute atomic E-state index is 0.164. The Labute approximate surface area is 176 Å². The number of likely N-dealkylation sites (N-methyl/N-ethyl adjacent to an activating group) is 1. The van der Waals surface area contributed by atoms with Gasteiger partial charge in [0.25, 0.3) is 0 Å². The van der Waals surface area contributed by atoms with Gasteiger partial charge in [0, 0.05) is 19.0 Å². The number of nitrogens with one attached hydrogen (secondary N) is 1. The third-order valence-electron chi connectivity index (χ3n) is 5.18. The van der Waals surface area contributed by atoms with Gasteiger partial charge < -0.3 is 24.1 Å². The van der Waals surface area contributed by atoms with E-state index in [9.17, 15) is 4.79 Å². The van der Waals surface area contributed by atoms with Crippen LogP contribution in [0.1, 0.15) is 17.4 Å². The molecule has 2 amide bonds. The number of furan rings is 1. The molecule has 1 atom stereocenters. The number of hydrogen-bond donors (Lipinski definition) is 1. The van der Waals surface area contributed by atoms with Gasteiger partial charge in [-0.3, -0.25) is 4.90 Å². The summed E-state index contributed by atoms with van der Waals surface area (Å²) in [4.78, 5) is 16.7. The Balaban J connectivity index is 1.65. The smallest absolute Gasteiger partial charge is 0.322 e. The van der Waals surface area contributed by atoms with Crippen molar-refractivity contribution in [3.05, 3.63) is 59.9 Å². The van der Waals surface area contributed by atoms with Crippen molar-refractivity contribution < 1.29 is 18.7 Å². The SMILES string of the molecule is COCCN1C(=O)NC(c2ccc(OCCN(C)C)cc2)c2oc3ccccc3c21. The second-order valence-corrected chi connectivity index (χ2v) is 7.56. The highest BCUT2D eigenvalue weighted by Gasteiger charge is 2.36. The average Bonchev–Trinajstić information content (AvgIpc) is 3.13. The van der Waals surface area contributed by atoms with Crippen LogP contribution in [0.25, 0.3) is 11.0 Å².